The van der Waals surface area contributed by atoms with Gasteiger partial charge in [-0.05, 0) is 45.7 Å². The number of carbonyl (C=O) groups excluding carboxylic acids is 1. The largest absolute Gasteiger partial charge is 0.368 e. The normalized spacial score (nSPS) is 10.8. The van der Waals surface area contributed by atoms with Gasteiger partial charge in [0.25, 0.3) is 0 Å². The highest BCUT2D eigenvalue weighted by molar-refractivity contribution is 5.76. The second kappa shape index (κ2) is 9.32. The lowest BCUT2D eigenvalue weighted by molar-refractivity contribution is -0.120. The van der Waals surface area contributed by atoms with Gasteiger partial charge in [-0.25, -0.2) is 14.6 Å². The van der Waals surface area contributed by atoms with E-state index >= 15 is 0 Å². The van der Waals surface area contributed by atoms with Gasteiger partial charge < -0.3 is 10.6 Å². The van der Waals surface area contributed by atoms with Crippen molar-refractivity contribution in [3.8, 4) is 5.82 Å². The summed E-state index contributed by atoms with van der Waals surface area (Å²) < 4.78 is 1.81. The number of aryl methyl sites for hydroxylation is 5. The molecule has 0 radical (unpaired) electrons. The summed E-state index contributed by atoms with van der Waals surface area (Å²) >= 11 is 0. The van der Waals surface area contributed by atoms with Crippen LogP contribution in [0.1, 0.15) is 34.8 Å². The van der Waals surface area contributed by atoms with Crippen molar-refractivity contribution >= 4 is 11.7 Å². The zero-order valence-corrected chi connectivity index (χ0v) is 17.5. The summed E-state index contributed by atoms with van der Waals surface area (Å²) in [7, 11) is 0. The maximum absolute atomic E-state index is 12.1. The molecule has 3 aromatic rings. The van der Waals surface area contributed by atoms with E-state index in [9.17, 15) is 4.79 Å². The van der Waals surface area contributed by atoms with Crippen molar-refractivity contribution in [1.82, 2.24) is 25.1 Å². The summed E-state index contributed by atoms with van der Waals surface area (Å²) in [5.74, 6) is 2.16. The number of nitrogens with one attached hydrogen (secondary N) is 2. The standard InChI is InChI=1S/C22H28N6O/c1-15-6-5-7-19(12-15)8-9-22(29)24-11-10-23-20-14-21(26-18(4)25-20)28-17(3)13-16(2)27-28/h5-7,12-14H,8-11H2,1-4H3,(H,24,29)(H,23,25,26). The number of anilines is 1. The number of rotatable bonds is 8. The number of carbonyl (C=O) groups is 1. The molecule has 0 spiro atoms. The van der Waals surface area contributed by atoms with Crippen LogP contribution in [-0.2, 0) is 11.2 Å². The second-order valence-electron chi connectivity index (χ2n) is 7.26. The Morgan fingerprint density at radius 1 is 1.03 bits per heavy atom. The average molecular weight is 393 g/mol. The number of hydrogen-bond donors (Lipinski definition) is 2. The van der Waals surface area contributed by atoms with Gasteiger partial charge in [-0.1, -0.05) is 29.8 Å². The highest BCUT2D eigenvalue weighted by Crippen LogP contribution is 2.13. The third kappa shape index (κ3) is 5.88. The molecule has 0 saturated carbocycles. The Bertz CT molecular complexity index is 995. The molecular weight excluding hydrogens is 364 g/mol. The molecular formula is C22H28N6O. The van der Waals surface area contributed by atoms with Crippen molar-refractivity contribution in [2.45, 2.75) is 40.5 Å². The van der Waals surface area contributed by atoms with E-state index in [-0.39, 0.29) is 5.91 Å². The monoisotopic (exact) mass is 392 g/mol. The number of aromatic nitrogens is 4. The third-order valence-electron chi connectivity index (χ3n) is 4.53. The Morgan fingerprint density at radius 2 is 1.86 bits per heavy atom. The van der Waals surface area contributed by atoms with Crippen LogP contribution in [0.25, 0.3) is 5.82 Å². The third-order valence-corrected chi connectivity index (χ3v) is 4.53. The van der Waals surface area contributed by atoms with Crippen molar-refractivity contribution < 1.29 is 4.79 Å². The molecule has 2 aromatic heterocycles. The summed E-state index contributed by atoms with van der Waals surface area (Å²) in [4.78, 5) is 21.0. The van der Waals surface area contributed by atoms with Crippen molar-refractivity contribution in [3.05, 3.63) is 64.7 Å². The van der Waals surface area contributed by atoms with E-state index < -0.39 is 0 Å². The van der Waals surface area contributed by atoms with E-state index in [1.165, 1.54) is 11.1 Å². The first-order valence-electron chi connectivity index (χ1n) is 9.86. The fourth-order valence-corrected chi connectivity index (χ4v) is 3.22. The minimum Gasteiger partial charge on any atom is -0.368 e. The molecule has 29 heavy (non-hydrogen) atoms. The Labute approximate surface area is 171 Å². The van der Waals surface area contributed by atoms with Crippen LogP contribution in [0, 0.1) is 27.7 Å². The quantitative estimate of drug-likeness (QED) is 0.576. The zero-order chi connectivity index (χ0) is 20.8. The Balaban J connectivity index is 1.48. The molecule has 2 N–H and O–H groups in total. The van der Waals surface area contributed by atoms with Crippen LogP contribution in [0.5, 0.6) is 0 Å². The van der Waals surface area contributed by atoms with Crippen molar-refractivity contribution in [1.29, 1.82) is 0 Å². The SMILES string of the molecule is Cc1cccc(CCC(=O)NCCNc2cc(-n3nc(C)cc3C)nc(C)n2)c1. The summed E-state index contributed by atoms with van der Waals surface area (Å²) in [5, 5.41) is 10.7. The Morgan fingerprint density at radius 3 is 2.59 bits per heavy atom. The summed E-state index contributed by atoms with van der Waals surface area (Å²) in [6.07, 6.45) is 1.23. The van der Waals surface area contributed by atoms with Gasteiger partial charge in [0.15, 0.2) is 5.82 Å². The summed E-state index contributed by atoms with van der Waals surface area (Å²) in [6.45, 7) is 8.99. The lowest BCUT2D eigenvalue weighted by Gasteiger charge is -2.10. The van der Waals surface area contributed by atoms with Gasteiger partial charge >= 0.3 is 0 Å². The molecule has 2 heterocycles. The van der Waals surface area contributed by atoms with Gasteiger partial charge in [0, 0.05) is 31.3 Å². The van der Waals surface area contributed by atoms with Crippen LogP contribution in [0.4, 0.5) is 5.82 Å². The molecule has 7 nitrogen and oxygen atoms in total. The second-order valence-corrected chi connectivity index (χ2v) is 7.26. The van der Waals surface area contributed by atoms with E-state index in [2.05, 4.69) is 50.8 Å². The lowest BCUT2D eigenvalue weighted by Crippen LogP contribution is -2.29. The van der Waals surface area contributed by atoms with Crippen LogP contribution in [0.3, 0.4) is 0 Å². The van der Waals surface area contributed by atoms with Gasteiger partial charge in [-0.2, -0.15) is 5.10 Å². The van der Waals surface area contributed by atoms with E-state index in [1.807, 2.05) is 43.7 Å². The first-order valence-corrected chi connectivity index (χ1v) is 9.86. The van der Waals surface area contributed by atoms with E-state index in [1.54, 1.807) is 0 Å². The minimum absolute atomic E-state index is 0.0514. The molecule has 0 saturated heterocycles. The molecule has 1 aromatic carbocycles. The van der Waals surface area contributed by atoms with E-state index in [0.717, 1.165) is 23.6 Å². The smallest absolute Gasteiger partial charge is 0.220 e. The molecule has 0 aliphatic heterocycles. The summed E-state index contributed by atoms with van der Waals surface area (Å²) in [5.41, 5.74) is 4.37. The number of benzene rings is 1. The number of nitrogens with zero attached hydrogens (tertiary/aromatic N) is 4. The predicted molar refractivity (Wildman–Crippen MR) is 114 cm³/mol. The average Bonchev–Trinajstić information content (AvgIpc) is 3.01. The van der Waals surface area contributed by atoms with Crippen LogP contribution in [0.15, 0.2) is 36.4 Å². The maximum Gasteiger partial charge on any atom is 0.220 e. The topological polar surface area (TPSA) is 84.7 Å². The predicted octanol–water partition coefficient (Wildman–Crippen LogP) is 3.06. The van der Waals surface area contributed by atoms with Crippen molar-refractivity contribution in [2.75, 3.05) is 18.4 Å². The van der Waals surface area contributed by atoms with Crippen molar-refractivity contribution in [2.24, 2.45) is 0 Å². The zero-order valence-electron chi connectivity index (χ0n) is 17.5. The van der Waals surface area contributed by atoms with Crippen molar-refractivity contribution in [3.63, 3.8) is 0 Å². The first-order chi connectivity index (χ1) is 13.9. The highest BCUT2D eigenvalue weighted by atomic mass is 16.1. The fourth-order valence-electron chi connectivity index (χ4n) is 3.22. The molecule has 0 bridgehead atoms. The molecule has 0 atom stereocenters. The van der Waals surface area contributed by atoms with Crippen LogP contribution in [0.2, 0.25) is 0 Å². The molecule has 3 rings (SSSR count). The van der Waals surface area contributed by atoms with Crippen LogP contribution < -0.4 is 10.6 Å². The lowest BCUT2D eigenvalue weighted by atomic mass is 10.1. The molecule has 7 heteroatoms. The maximum atomic E-state index is 12.1. The van der Waals surface area contributed by atoms with Gasteiger partial charge in [-0.3, -0.25) is 4.79 Å². The number of hydrogen-bond acceptors (Lipinski definition) is 5. The minimum atomic E-state index is 0.0514. The molecule has 0 aliphatic carbocycles. The van der Waals surface area contributed by atoms with Gasteiger partial charge in [0.2, 0.25) is 5.91 Å². The molecule has 152 valence electrons. The van der Waals surface area contributed by atoms with Gasteiger partial charge in [0.1, 0.15) is 11.6 Å². The Hall–Kier alpha value is -3.22. The van der Waals surface area contributed by atoms with Gasteiger partial charge in [0.05, 0.1) is 5.69 Å². The number of amides is 1. The Kier molecular flexibility index (Phi) is 6.59. The van der Waals surface area contributed by atoms with Gasteiger partial charge in [-0.15, -0.1) is 0 Å². The van der Waals surface area contributed by atoms with Crippen LogP contribution >= 0.6 is 0 Å². The fraction of sp³-hybridized carbons (Fsp3) is 0.364. The van der Waals surface area contributed by atoms with E-state index in [0.29, 0.717) is 31.2 Å². The molecule has 0 unspecified atom stereocenters. The molecule has 0 fully saturated rings. The highest BCUT2D eigenvalue weighted by Gasteiger charge is 2.08. The first kappa shape index (κ1) is 20.5. The molecule has 1 amide bonds. The van der Waals surface area contributed by atoms with E-state index in [4.69, 9.17) is 0 Å². The summed E-state index contributed by atoms with van der Waals surface area (Å²) in [6, 6.07) is 12.1. The molecule has 0 aliphatic rings. The van der Waals surface area contributed by atoms with Crippen LogP contribution in [-0.4, -0.2) is 38.7 Å².